The number of likely N-dealkylation sites (tertiary alicyclic amines) is 1. The lowest BCUT2D eigenvalue weighted by molar-refractivity contribution is -0.118. The highest BCUT2D eigenvalue weighted by Crippen LogP contribution is 2.24. The van der Waals surface area contributed by atoms with Crippen molar-refractivity contribution in [2.75, 3.05) is 30.7 Å². The molecule has 0 saturated carbocycles. The summed E-state index contributed by atoms with van der Waals surface area (Å²) in [5, 5.41) is 12.8. The van der Waals surface area contributed by atoms with Gasteiger partial charge in [-0.2, -0.15) is 0 Å². The highest BCUT2D eigenvalue weighted by molar-refractivity contribution is 6.33. The molecule has 0 bridgehead atoms. The number of nitrogen functional groups attached to an aromatic ring is 1. The summed E-state index contributed by atoms with van der Waals surface area (Å²) in [4.78, 5) is 13.9. The first-order chi connectivity index (χ1) is 9.04. The molecule has 1 aliphatic heterocycles. The molecular weight excluding hydrogens is 266 g/mol. The molecule has 1 aliphatic rings. The maximum Gasteiger partial charge on any atom is 0.238 e. The molecule has 0 aliphatic carbocycles. The third-order valence-corrected chi connectivity index (χ3v) is 3.44. The minimum atomic E-state index is -0.336. The molecule has 104 valence electrons. The normalized spacial score (nSPS) is 20.2. The summed E-state index contributed by atoms with van der Waals surface area (Å²) in [5.74, 6) is -0.151. The minimum absolute atomic E-state index is 0.151. The fourth-order valence-corrected chi connectivity index (χ4v) is 2.37. The van der Waals surface area contributed by atoms with Gasteiger partial charge in [-0.25, -0.2) is 0 Å². The van der Waals surface area contributed by atoms with Crippen LogP contribution in [-0.4, -0.2) is 41.7 Å². The average Bonchev–Trinajstić information content (AvgIpc) is 2.34. The highest BCUT2D eigenvalue weighted by atomic mass is 35.5. The number of aliphatic hydroxyl groups is 1. The Morgan fingerprint density at radius 2 is 2.37 bits per heavy atom. The molecule has 1 atom stereocenters. The number of piperidine rings is 1. The quantitative estimate of drug-likeness (QED) is 0.731. The number of β-amino-alcohol motifs (C(OH)–C–C–N with tert-alkyl or cyclic N) is 1. The molecule has 1 heterocycles. The van der Waals surface area contributed by atoms with Gasteiger partial charge in [-0.3, -0.25) is 9.69 Å². The van der Waals surface area contributed by atoms with Crippen molar-refractivity contribution in [3.05, 3.63) is 23.2 Å². The summed E-state index contributed by atoms with van der Waals surface area (Å²) in [7, 11) is 0. The summed E-state index contributed by atoms with van der Waals surface area (Å²) < 4.78 is 0. The van der Waals surface area contributed by atoms with Crippen LogP contribution in [0.5, 0.6) is 0 Å². The van der Waals surface area contributed by atoms with Crippen LogP contribution in [0.1, 0.15) is 12.8 Å². The van der Waals surface area contributed by atoms with Crippen LogP contribution < -0.4 is 11.1 Å². The molecule has 1 aromatic rings. The van der Waals surface area contributed by atoms with Crippen LogP contribution in [0.15, 0.2) is 18.2 Å². The van der Waals surface area contributed by atoms with E-state index in [1.165, 1.54) is 0 Å². The van der Waals surface area contributed by atoms with E-state index in [1.807, 2.05) is 4.90 Å². The Bertz CT molecular complexity index is 467. The zero-order chi connectivity index (χ0) is 13.8. The molecule has 1 fully saturated rings. The lowest BCUT2D eigenvalue weighted by Gasteiger charge is -2.29. The van der Waals surface area contributed by atoms with Crippen LogP contribution in [-0.2, 0) is 4.79 Å². The predicted octanol–water partition coefficient (Wildman–Crippen LogP) is 1.32. The first-order valence-electron chi connectivity index (χ1n) is 6.30. The number of nitrogens with zero attached hydrogens (tertiary/aromatic N) is 1. The predicted molar refractivity (Wildman–Crippen MR) is 76.2 cm³/mol. The van der Waals surface area contributed by atoms with Gasteiger partial charge in [0.25, 0.3) is 0 Å². The van der Waals surface area contributed by atoms with Crippen LogP contribution in [0.4, 0.5) is 11.4 Å². The van der Waals surface area contributed by atoms with Gasteiger partial charge in [-0.1, -0.05) is 11.6 Å². The second kappa shape index (κ2) is 6.23. The van der Waals surface area contributed by atoms with Crippen molar-refractivity contribution in [3.8, 4) is 0 Å². The van der Waals surface area contributed by atoms with Gasteiger partial charge < -0.3 is 16.2 Å². The average molecular weight is 284 g/mol. The first kappa shape index (κ1) is 14.1. The Balaban J connectivity index is 1.92. The third-order valence-electron chi connectivity index (χ3n) is 3.11. The fourth-order valence-electron chi connectivity index (χ4n) is 2.21. The monoisotopic (exact) mass is 283 g/mol. The molecule has 19 heavy (non-hydrogen) atoms. The highest BCUT2D eigenvalue weighted by Gasteiger charge is 2.19. The molecule has 0 aromatic heterocycles. The van der Waals surface area contributed by atoms with Crippen molar-refractivity contribution in [2.45, 2.75) is 18.9 Å². The smallest absolute Gasteiger partial charge is 0.238 e. The maximum atomic E-state index is 11.9. The van der Waals surface area contributed by atoms with Crippen molar-refractivity contribution < 1.29 is 9.90 Å². The van der Waals surface area contributed by atoms with Crippen LogP contribution in [0.25, 0.3) is 0 Å². The molecule has 5 nitrogen and oxygen atoms in total. The molecule has 1 unspecified atom stereocenters. The van der Waals surface area contributed by atoms with Crippen LogP contribution in [0, 0.1) is 0 Å². The SMILES string of the molecule is Nc1ccc(Cl)c(NC(=O)CN2CCCC(O)C2)c1. The van der Waals surface area contributed by atoms with Crippen molar-refractivity contribution >= 4 is 28.9 Å². The number of benzene rings is 1. The fraction of sp³-hybridized carbons (Fsp3) is 0.462. The van der Waals surface area contributed by atoms with Crippen LogP contribution in [0.2, 0.25) is 5.02 Å². The number of carbonyl (C=O) groups excluding carboxylic acids is 1. The van der Waals surface area contributed by atoms with Crippen molar-refractivity contribution in [2.24, 2.45) is 0 Å². The summed E-state index contributed by atoms with van der Waals surface area (Å²) in [5.41, 5.74) is 6.72. The molecule has 4 N–H and O–H groups in total. The third kappa shape index (κ3) is 4.09. The number of halogens is 1. The number of anilines is 2. The van der Waals surface area contributed by atoms with E-state index in [0.29, 0.717) is 22.9 Å². The van der Waals surface area contributed by atoms with Gasteiger partial charge in [0.05, 0.1) is 23.4 Å². The number of amides is 1. The van der Waals surface area contributed by atoms with E-state index in [1.54, 1.807) is 18.2 Å². The second-order valence-corrected chi connectivity index (χ2v) is 5.23. The van der Waals surface area contributed by atoms with E-state index in [2.05, 4.69) is 5.32 Å². The lowest BCUT2D eigenvalue weighted by atomic mass is 10.1. The van der Waals surface area contributed by atoms with E-state index in [0.717, 1.165) is 19.4 Å². The van der Waals surface area contributed by atoms with Gasteiger partial charge in [-0.05, 0) is 37.6 Å². The van der Waals surface area contributed by atoms with Crippen LogP contribution >= 0.6 is 11.6 Å². The largest absolute Gasteiger partial charge is 0.399 e. The van der Waals surface area contributed by atoms with E-state index >= 15 is 0 Å². The van der Waals surface area contributed by atoms with Gasteiger partial charge in [0.15, 0.2) is 0 Å². The minimum Gasteiger partial charge on any atom is -0.399 e. The molecule has 1 aromatic carbocycles. The van der Waals surface area contributed by atoms with E-state index in [9.17, 15) is 9.90 Å². The lowest BCUT2D eigenvalue weighted by Crippen LogP contribution is -2.42. The van der Waals surface area contributed by atoms with E-state index in [-0.39, 0.29) is 18.6 Å². The maximum absolute atomic E-state index is 11.9. The van der Waals surface area contributed by atoms with E-state index in [4.69, 9.17) is 17.3 Å². The number of hydrogen-bond acceptors (Lipinski definition) is 4. The molecular formula is C13H18ClN3O2. The van der Waals surface area contributed by atoms with Gasteiger partial charge >= 0.3 is 0 Å². The zero-order valence-electron chi connectivity index (χ0n) is 10.6. The molecule has 6 heteroatoms. The topological polar surface area (TPSA) is 78.6 Å². The van der Waals surface area contributed by atoms with Gasteiger partial charge in [0.1, 0.15) is 0 Å². The molecule has 1 amide bonds. The summed E-state index contributed by atoms with van der Waals surface area (Å²) in [6.07, 6.45) is 1.38. The summed E-state index contributed by atoms with van der Waals surface area (Å²) in [6, 6.07) is 4.96. The van der Waals surface area contributed by atoms with Crippen molar-refractivity contribution in [1.82, 2.24) is 4.90 Å². The number of nitrogens with two attached hydrogens (primary N) is 1. The Hall–Kier alpha value is -1.30. The zero-order valence-corrected chi connectivity index (χ0v) is 11.4. The van der Waals surface area contributed by atoms with E-state index < -0.39 is 0 Å². The Labute approximate surface area is 117 Å². The molecule has 0 spiro atoms. The van der Waals surface area contributed by atoms with Gasteiger partial charge in [0.2, 0.25) is 5.91 Å². The Kier molecular flexibility index (Phi) is 4.63. The molecule has 2 rings (SSSR count). The first-order valence-corrected chi connectivity index (χ1v) is 6.67. The molecule has 1 saturated heterocycles. The number of carbonyl (C=O) groups is 1. The van der Waals surface area contributed by atoms with Crippen molar-refractivity contribution in [1.29, 1.82) is 0 Å². The summed E-state index contributed by atoms with van der Waals surface area (Å²) >= 11 is 5.98. The number of hydrogen-bond donors (Lipinski definition) is 3. The standard InChI is InChI=1S/C13H18ClN3O2/c14-11-4-3-9(15)6-12(11)16-13(19)8-17-5-1-2-10(18)7-17/h3-4,6,10,18H,1-2,5,7-8,15H2,(H,16,19). The Morgan fingerprint density at radius 3 is 3.11 bits per heavy atom. The van der Waals surface area contributed by atoms with Crippen molar-refractivity contribution in [3.63, 3.8) is 0 Å². The number of rotatable bonds is 3. The Morgan fingerprint density at radius 1 is 1.58 bits per heavy atom. The summed E-state index contributed by atoms with van der Waals surface area (Å²) in [6.45, 7) is 1.62. The van der Waals surface area contributed by atoms with Gasteiger partial charge in [0, 0.05) is 12.2 Å². The van der Waals surface area contributed by atoms with Gasteiger partial charge in [-0.15, -0.1) is 0 Å². The van der Waals surface area contributed by atoms with Crippen LogP contribution in [0.3, 0.4) is 0 Å². The number of nitrogens with one attached hydrogen (secondary N) is 1. The second-order valence-electron chi connectivity index (χ2n) is 4.82. The number of aliphatic hydroxyl groups excluding tert-OH is 1. The molecule has 0 radical (unpaired) electrons.